The van der Waals surface area contributed by atoms with Crippen LogP contribution in [0, 0.1) is 5.82 Å². The molecule has 1 unspecified atom stereocenters. The summed E-state index contributed by atoms with van der Waals surface area (Å²) in [5.74, 6) is -2.10. The molecule has 0 radical (unpaired) electrons. The number of rotatable bonds is 6. The maximum atomic E-state index is 14.2. The predicted molar refractivity (Wildman–Crippen MR) is 95.8 cm³/mol. The Balaban J connectivity index is 3.59. The number of allylic oxidation sites excluding steroid dienone is 7. The van der Waals surface area contributed by atoms with Crippen LogP contribution in [0.1, 0.15) is 55.1 Å². The van der Waals surface area contributed by atoms with Gasteiger partial charge in [0.25, 0.3) is 5.91 Å². The summed E-state index contributed by atoms with van der Waals surface area (Å²) in [6, 6.07) is 2.74. The highest BCUT2D eigenvalue weighted by Crippen LogP contribution is 2.33. The van der Waals surface area contributed by atoms with Crippen molar-refractivity contribution in [3.05, 3.63) is 76.9 Å². The van der Waals surface area contributed by atoms with Crippen molar-refractivity contribution in [2.24, 2.45) is 5.73 Å². The maximum Gasteiger partial charge on any atom is 0.251 e. The average molecular weight is 331 g/mol. The number of hydrogen-bond acceptors (Lipinski definition) is 1. The highest BCUT2D eigenvalue weighted by molar-refractivity contribution is 5.94. The molecule has 1 aromatic rings. The summed E-state index contributed by atoms with van der Waals surface area (Å²) in [5, 5.41) is 0. The minimum atomic E-state index is -0.827. The number of carbonyl (C=O) groups is 1. The van der Waals surface area contributed by atoms with Crippen LogP contribution in [-0.2, 0) is 0 Å². The molecule has 2 nitrogen and oxygen atoms in total. The van der Waals surface area contributed by atoms with Gasteiger partial charge in [0, 0.05) is 5.92 Å². The Bertz CT molecular complexity index is 742. The van der Waals surface area contributed by atoms with Gasteiger partial charge in [-0.25, -0.2) is 8.78 Å². The van der Waals surface area contributed by atoms with Crippen molar-refractivity contribution in [1.82, 2.24) is 0 Å². The lowest BCUT2D eigenvalue weighted by Crippen LogP contribution is -2.15. The Morgan fingerprint density at radius 3 is 2.42 bits per heavy atom. The molecular weight excluding hydrogens is 308 g/mol. The van der Waals surface area contributed by atoms with Crippen LogP contribution >= 0.6 is 0 Å². The topological polar surface area (TPSA) is 43.1 Å². The van der Waals surface area contributed by atoms with Crippen molar-refractivity contribution in [1.29, 1.82) is 0 Å². The number of carbonyl (C=O) groups excluding carboxylic acids is 1. The summed E-state index contributed by atoms with van der Waals surface area (Å²) in [7, 11) is 0. The average Bonchev–Trinajstić information content (AvgIpc) is 2.53. The fourth-order valence-corrected chi connectivity index (χ4v) is 2.41. The van der Waals surface area contributed by atoms with E-state index in [1.807, 2.05) is 13.8 Å². The molecule has 0 heterocycles. The van der Waals surface area contributed by atoms with Gasteiger partial charge in [-0.1, -0.05) is 37.3 Å². The molecule has 0 bridgehead atoms. The third-order valence-corrected chi connectivity index (χ3v) is 3.99. The van der Waals surface area contributed by atoms with Gasteiger partial charge in [0.05, 0.1) is 5.56 Å². The second kappa shape index (κ2) is 8.39. The molecule has 0 saturated heterocycles. The molecule has 1 amide bonds. The van der Waals surface area contributed by atoms with Crippen molar-refractivity contribution >= 4 is 11.5 Å². The van der Waals surface area contributed by atoms with Crippen LogP contribution in [0.2, 0.25) is 0 Å². The monoisotopic (exact) mass is 331 g/mol. The molecule has 1 atom stereocenters. The summed E-state index contributed by atoms with van der Waals surface area (Å²) >= 11 is 0. The van der Waals surface area contributed by atoms with Crippen molar-refractivity contribution in [3.63, 3.8) is 0 Å². The van der Waals surface area contributed by atoms with Crippen LogP contribution in [0.3, 0.4) is 0 Å². The number of benzene rings is 1. The van der Waals surface area contributed by atoms with Gasteiger partial charge in [-0.15, -0.1) is 0 Å². The fraction of sp³-hybridized carbons (Fsp3) is 0.250. The van der Waals surface area contributed by atoms with Gasteiger partial charge in [0.1, 0.15) is 11.6 Å². The van der Waals surface area contributed by atoms with E-state index in [1.165, 1.54) is 24.3 Å². The van der Waals surface area contributed by atoms with E-state index in [1.54, 1.807) is 26.0 Å². The van der Waals surface area contributed by atoms with E-state index < -0.39 is 11.7 Å². The summed E-state index contributed by atoms with van der Waals surface area (Å²) in [4.78, 5) is 11.4. The molecule has 0 aliphatic heterocycles. The van der Waals surface area contributed by atoms with E-state index in [9.17, 15) is 13.6 Å². The molecule has 0 aromatic heterocycles. The SMILES string of the molecule is C=CC=C(C)c1cc(C(N)=O)c(F)cc1C(C)C(C)=CC(F)=CC. The van der Waals surface area contributed by atoms with Crippen LogP contribution in [0.25, 0.3) is 5.57 Å². The Labute approximate surface area is 142 Å². The normalized spacial score (nSPS) is 14.5. The fourth-order valence-electron chi connectivity index (χ4n) is 2.41. The summed E-state index contributed by atoms with van der Waals surface area (Å²) in [5.41, 5.74) is 7.97. The molecule has 128 valence electrons. The van der Waals surface area contributed by atoms with Crippen molar-refractivity contribution in [2.75, 3.05) is 0 Å². The number of amides is 1. The van der Waals surface area contributed by atoms with E-state index in [0.717, 1.165) is 11.1 Å². The van der Waals surface area contributed by atoms with E-state index in [4.69, 9.17) is 5.73 Å². The molecule has 2 N–H and O–H groups in total. The van der Waals surface area contributed by atoms with E-state index in [-0.39, 0.29) is 17.3 Å². The molecule has 0 saturated carbocycles. The zero-order chi connectivity index (χ0) is 18.4. The Morgan fingerprint density at radius 2 is 1.92 bits per heavy atom. The molecule has 0 aliphatic rings. The number of nitrogens with two attached hydrogens (primary N) is 1. The molecule has 0 spiro atoms. The molecule has 1 rings (SSSR count). The zero-order valence-corrected chi connectivity index (χ0v) is 14.5. The van der Waals surface area contributed by atoms with Crippen LogP contribution < -0.4 is 5.73 Å². The third kappa shape index (κ3) is 4.51. The van der Waals surface area contributed by atoms with Gasteiger partial charge < -0.3 is 5.73 Å². The molecule has 1 aromatic carbocycles. The van der Waals surface area contributed by atoms with Gasteiger partial charge in [-0.3, -0.25) is 4.79 Å². The van der Waals surface area contributed by atoms with Gasteiger partial charge in [0.2, 0.25) is 0 Å². The lowest BCUT2D eigenvalue weighted by molar-refractivity contribution is 0.0996. The lowest BCUT2D eigenvalue weighted by atomic mass is 9.86. The molecule has 24 heavy (non-hydrogen) atoms. The third-order valence-electron chi connectivity index (χ3n) is 3.99. The molecule has 0 fully saturated rings. The standard InChI is InChI=1S/C20H23F2NO/c1-6-8-12(3)16-10-18(20(23)24)19(22)11-17(16)14(5)13(4)9-15(21)7-2/h6-11,14H,1H2,2-5H3,(H2,23,24). The van der Waals surface area contributed by atoms with Crippen LogP contribution in [0.15, 0.2) is 54.4 Å². The van der Waals surface area contributed by atoms with Gasteiger partial charge in [0.15, 0.2) is 0 Å². The van der Waals surface area contributed by atoms with Crippen LogP contribution in [0.5, 0.6) is 0 Å². The van der Waals surface area contributed by atoms with E-state index >= 15 is 0 Å². The number of hydrogen-bond donors (Lipinski definition) is 1. The minimum Gasteiger partial charge on any atom is -0.366 e. The minimum absolute atomic E-state index is 0.168. The van der Waals surface area contributed by atoms with Gasteiger partial charge in [-0.2, -0.15) is 0 Å². The van der Waals surface area contributed by atoms with E-state index in [2.05, 4.69) is 6.58 Å². The highest BCUT2D eigenvalue weighted by atomic mass is 19.1. The maximum absolute atomic E-state index is 14.2. The smallest absolute Gasteiger partial charge is 0.251 e. The van der Waals surface area contributed by atoms with Crippen molar-refractivity contribution in [2.45, 2.75) is 33.6 Å². The van der Waals surface area contributed by atoms with Crippen molar-refractivity contribution in [3.8, 4) is 0 Å². The second-order valence-electron chi connectivity index (χ2n) is 5.65. The first-order valence-electron chi connectivity index (χ1n) is 7.65. The largest absolute Gasteiger partial charge is 0.366 e. The lowest BCUT2D eigenvalue weighted by Gasteiger charge is -2.19. The highest BCUT2D eigenvalue weighted by Gasteiger charge is 2.19. The van der Waals surface area contributed by atoms with Crippen molar-refractivity contribution < 1.29 is 13.6 Å². The summed E-state index contributed by atoms with van der Waals surface area (Å²) in [6.45, 7) is 10.7. The predicted octanol–water partition coefficient (Wildman–Crippen LogP) is 5.44. The first-order valence-corrected chi connectivity index (χ1v) is 7.65. The first-order chi connectivity index (χ1) is 11.2. The van der Waals surface area contributed by atoms with E-state index in [0.29, 0.717) is 11.1 Å². The zero-order valence-electron chi connectivity index (χ0n) is 14.5. The molecule has 4 heteroatoms. The first kappa shape index (κ1) is 19.6. The van der Waals surface area contributed by atoms with Gasteiger partial charge in [-0.05, 0) is 55.7 Å². The number of primary amides is 1. The Morgan fingerprint density at radius 1 is 1.29 bits per heavy atom. The summed E-state index contributed by atoms with van der Waals surface area (Å²) in [6.07, 6.45) is 6.15. The van der Waals surface area contributed by atoms with Crippen LogP contribution in [-0.4, -0.2) is 5.91 Å². The van der Waals surface area contributed by atoms with Gasteiger partial charge >= 0.3 is 0 Å². The van der Waals surface area contributed by atoms with Crippen LogP contribution in [0.4, 0.5) is 8.78 Å². The molecular formula is C20H23F2NO. The molecule has 0 aliphatic carbocycles. The Kier molecular flexibility index (Phi) is 6.83. The Hall–Kier alpha value is -2.49. The number of halogens is 2. The summed E-state index contributed by atoms with van der Waals surface area (Å²) < 4.78 is 27.7. The quantitative estimate of drug-likeness (QED) is 0.693. The second-order valence-corrected chi connectivity index (χ2v) is 5.65.